The lowest BCUT2D eigenvalue weighted by Gasteiger charge is -2.35. The maximum absolute atomic E-state index is 6.53. The summed E-state index contributed by atoms with van der Waals surface area (Å²) in [6.07, 6.45) is 2.96. The van der Waals surface area contributed by atoms with Crippen LogP contribution >= 0.6 is 0 Å². The highest BCUT2D eigenvalue weighted by molar-refractivity contribution is 5.95. The number of aliphatic imine (C=N–C) groups is 1. The van der Waals surface area contributed by atoms with Gasteiger partial charge in [-0.15, -0.1) is 0 Å². The molecule has 1 aliphatic heterocycles. The number of allylic oxidation sites excluding steroid dienone is 1. The fourth-order valence-corrected chi connectivity index (χ4v) is 2.75. The van der Waals surface area contributed by atoms with Crippen LogP contribution in [-0.4, -0.2) is 47.9 Å². The lowest BCUT2D eigenvalue weighted by atomic mass is 10.2. The average molecular weight is 327 g/mol. The summed E-state index contributed by atoms with van der Waals surface area (Å²) >= 11 is 0. The van der Waals surface area contributed by atoms with E-state index >= 15 is 0 Å². The summed E-state index contributed by atoms with van der Waals surface area (Å²) in [5.74, 6) is 0.406. The molecular weight excluding hydrogens is 302 g/mol. The zero-order valence-electron chi connectivity index (χ0n) is 14.4. The molecule has 1 aromatic heterocycles. The van der Waals surface area contributed by atoms with Crippen molar-refractivity contribution < 1.29 is 0 Å². The normalized spacial score (nSPS) is 22.5. The standard InChI is InChI=1S/C17H25N7/c1-12-11-15(19-9-6-10-24(2)3)23-17(18,22-12)16-20-13-7-4-5-8-14(13)21-16/h4-5,7-8,11,22H,6,9-10,18H2,1-3H3,(H,19,23)(H,20,21). The van der Waals surface area contributed by atoms with Crippen LogP contribution in [0.15, 0.2) is 41.0 Å². The molecule has 24 heavy (non-hydrogen) atoms. The Morgan fingerprint density at radius 3 is 2.79 bits per heavy atom. The number of para-hydroxylation sites is 2. The molecule has 0 radical (unpaired) electrons. The van der Waals surface area contributed by atoms with Crippen LogP contribution in [0.5, 0.6) is 0 Å². The summed E-state index contributed by atoms with van der Waals surface area (Å²) in [6.45, 7) is 3.73. The van der Waals surface area contributed by atoms with E-state index in [9.17, 15) is 0 Å². The Labute approximate surface area is 142 Å². The summed E-state index contributed by atoms with van der Waals surface area (Å²) in [6, 6.07) is 7.87. The first-order chi connectivity index (χ1) is 11.5. The fraction of sp³-hybridized carbons (Fsp3) is 0.412. The smallest absolute Gasteiger partial charge is 0.223 e. The number of fused-ring (bicyclic) bond motifs is 1. The highest BCUT2D eigenvalue weighted by atomic mass is 15.4. The Bertz CT molecular complexity index is 741. The minimum absolute atomic E-state index is 0.636. The van der Waals surface area contributed by atoms with Gasteiger partial charge >= 0.3 is 0 Å². The van der Waals surface area contributed by atoms with E-state index in [1.165, 1.54) is 0 Å². The number of H-pyrrole nitrogens is 1. The number of nitrogens with one attached hydrogen (secondary N) is 3. The molecule has 0 aliphatic carbocycles. The molecular formula is C17H25N7. The molecule has 128 valence electrons. The number of nitrogens with zero attached hydrogens (tertiary/aromatic N) is 3. The molecule has 1 aromatic carbocycles. The van der Waals surface area contributed by atoms with Gasteiger partial charge in [0.25, 0.3) is 0 Å². The van der Waals surface area contributed by atoms with Crippen LogP contribution in [0, 0.1) is 0 Å². The number of imidazole rings is 1. The van der Waals surface area contributed by atoms with Crippen LogP contribution in [0.25, 0.3) is 11.0 Å². The van der Waals surface area contributed by atoms with Crippen LogP contribution in [0.2, 0.25) is 0 Å². The maximum Gasteiger partial charge on any atom is 0.223 e. The lowest BCUT2D eigenvalue weighted by Crippen LogP contribution is -2.64. The number of nitrogens with two attached hydrogens (primary N) is 1. The lowest BCUT2D eigenvalue weighted by molar-refractivity contribution is 0.323. The number of rotatable bonds is 5. The van der Waals surface area contributed by atoms with Gasteiger partial charge in [-0.05, 0) is 52.2 Å². The second-order valence-electron chi connectivity index (χ2n) is 6.41. The third kappa shape index (κ3) is 3.58. The van der Waals surface area contributed by atoms with E-state index in [1.807, 2.05) is 37.3 Å². The Hall–Kier alpha value is -2.38. The Kier molecular flexibility index (Phi) is 4.55. The van der Waals surface area contributed by atoms with Crippen LogP contribution in [0.3, 0.4) is 0 Å². The van der Waals surface area contributed by atoms with Crippen molar-refractivity contribution in [1.29, 1.82) is 0 Å². The summed E-state index contributed by atoms with van der Waals surface area (Å²) in [5, 5.41) is 6.51. The molecule has 0 fully saturated rings. The summed E-state index contributed by atoms with van der Waals surface area (Å²) in [7, 11) is 4.12. The highest BCUT2D eigenvalue weighted by Crippen LogP contribution is 2.19. The second-order valence-corrected chi connectivity index (χ2v) is 6.41. The number of benzene rings is 1. The van der Waals surface area contributed by atoms with Crippen LogP contribution in [0.1, 0.15) is 19.2 Å². The van der Waals surface area contributed by atoms with Gasteiger partial charge in [-0.1, -0.05) is 12.1 Å². The number of amidine groups is 1. The maximum atomic E-state index is 6.53. The Morgan fingerprint density at radius 1 is 1.25 bits per heavy atom. The third-order valence-electron chi connectivity index (χ3n) is 3.88. The summed E-state index contributed by atoms with van der Waals surface area (Å²) in [4.78, 5) is 14.7. The molecule has 1 unspecified atom stereocenters. The first-order valence-corrected chi connectivity index (χ1v) is 8.14. The first kappa shape index (κ1) is 16.5. The highest BCUT2D eigenvalue weighted by Gasteiger charge is 2.34. The van der Waals surface area contributed by atoms with E-state index in [0.29, 0.717) is 5.82 Å². The van der Waals surface area contributed by atoms with Crippen molar-refractivity contribution in [3.05, 3.63) is 41.9 Å². The molecule has 2 heterocycles. The minimum Gasteiger partial charge on any atom is -0.348 e. The van der Waals surface area contributed by atoms with Gasteiger partial charge in [-0.25, -0.2) is 4.98 Å². The van der Waals surface area contributed by atoms with Crippen molar-refractivity contribution >= 4 is 16.9 Å². The predicted octanol–water partition coefficient (Wildman–Crippen LogP) is 1.08. The summed E-state index contributed by atoms with van der Waals surface area (Å²) < 4.78 is 0. The molecule has 0 saturated heterocycles. The van der Waals surface area contributed by atoms with Crippen molar-refractivity contribution in [1.82, 2.24) is 25.5 Å². The number of hydrogen-bond acceptors (Lipinski definition) is 5. The molecule has 1 atom stereocenters. The molecule has 0 saturated carbocycles. The van der Waals surface area contributed by atoms with Crippen molar-refractivity contribution in [2.45, 2.75) is 19.1 Å². The van der Waals surface area contributed by atoms with Crippen LogP contribution in [-0.2, 0) is 5.79 Å². The molecule has 5 N–H and O–H groups in total. The largest absolute Gasteiger partial charge is 0.348 e. The van der Waals surface area contributed by atoms with Crippen molar-refractivity contribution in [2.24, 2.45) is 10.7 Å². The van der Waals surface area contributed by atoms with Crippen LogP contribution < -0.4 is 16.4 Å². The third-order valence-corrected chi connectivity index (χ3v) is 3.88. The molecule has 2 aromatic rings. The molecule has 0 bridgehead atoms. The molecule has 0 amide bonds. The molecule has 1 aliphatic rings. The van der Waals surface area contributed by atoms with Gasteiger partial charge in [0.1, 0.15) is 5.84 Å². The minimum atomic E-state index is -1.00. The monoisotopic (exact) mass is 327 g/mol. The van der Waals surface area contributed by atoms with E-state index in [4.69, 9.17) is 5.73 Å². The van der Waals surface area contributed by atoms with E-state index < -0.39 is 5.79 Å². The molecule has 0 spiro atoms. The van der Waals surface area contributed by atoms with Crippen LogP contribution in [0.4, 0.5) is 0 Å². The molecule has 7 nitrogen and oxygen atoms in total. The quantitative estimate of drug-likeness (QED) is 0.617. The topological polar surface area (TPSA) is 94.4 Å². The number of aromatic nitrogens is 2. The Balaban J connectivity index is 1.80. The molecule has 3 rings (SSSR count). The van der Waals surface area contributed by atoms with Gasteiger partial charge in [0.05, 0.1) is 11.0 Å². The SMILES string of the molecule is CC1=CC(=NCCCN(C)C)NC(N)(c2nc3ccccc3[nH]2)N1. The van der Waals surface area contributed by atoms with Gasteiger partial charge in [0.15, 0.2) is 5.82 Å². The van der Waals surface area contributed by atoms with E-state index in [1.54, 1.807) is 0 Å². The second kappa shape index (κ2) is 6.62. The van der Waals surface area contributed by atoms with E-state index in [0.717, 1.165) is 42.1 Å². The van der Waals surface area contributed by atoms with Crippen molar-refractivity contribution in [3.8, 4) is 0 Å². The molecule has 7 heteroatoms. The van der Waals surface area contributed by atoms with Gasteiger partial charge in [-0.3, -0.25) is 10.7 Å². The number of aromatic amines is 1. The van der Waals surface area contributed by atoms with E-state index in [2.05, 4.69) is 44.6 Å². The zero-order chi connectivity index (χ0) is 17.2. The van der Waals surface area contributed by atoms with E-state index in [-0.39, 0.29) is 0 Å². The fourth-order valence-electron chi connectivity index (χ4n) is 2.75. The first-order valence-electron chi connectivity index (χ1n) is 8.14. The van der Waals surface area contributed by atoms with Gasteiger partial charge in [0.2, 0.25) is 5.79 Å². The number of hydrogen-bond donors (Lipinski definition) is 4. The zero-order valence-corrected chi connectivity index (χ0v) is 14.4. The summed E-state index contributed by atoms with van der Waals surface area (Å²) in [5.41, 5.74) is 9.32. The van der Waals surface area contributed by atoms with Crippen molar-refractivity contribution in [3.63, 3.8) is 0 Å². The van der Waals surface area contributed by atoms with Gasteiger partial charge in [0, 0.05) is 12.2 Å². The van der Waals surface area contributed by atoms with Crippen molar-refractivity contribution in [2.75, 3.05) is 27.2 Å². The average Bonchev–Trinajstić information content (AvgIpc) is 2.95. The predicted molar refractivity (Wildman–Crippen MR) is 97.5 cm³/mol. The van der Waals surface area contributed by atoms with Gasteiger partial charge < -0.3 is 20.5 Å². The Morgan fingerprint density at radius 2 is 2.04 bits per heavy atom. The van der Waals surface area contributed by atoms with Gasteiger partial charge in [-0.2, -0.15) is 0 Å².